The van der Waals surface area contributed by atoms with Crippen LogP contribution in [0.2, 0.25) is 0 Å². The molecule has 31 heavy (non-hydrogen) atoms. The van der Waals surface area contributed by atoms with Crippen LogP contribution in [0.3, 0.4) is 0 Å². The number of H-pyrrole nitrogens is 1. The first-order valence-electron chi connectivity index (χ1n) is 9.77. The summed E-state index contributed by atoms with van der Waals surface area (Å²) in [5.41, 5.74) is 3.07. The Kier molecular flexibility index (Phi) is 5.05. The molecule has 3 aromatic heterocycles. The van der Waals surface area contributed by atoms with Crippen LogP contribution in [0.5, 0.6) is 0 Å². The Balaban J connectivity index is 1.28. The molecule has 1 aliphatic carbocycles. The summed E-state index contributed by atoms with van der Waals surface area (Å²) in [5.74, 6) is -0.258. The monoisotopic (exact) mass is 453 g/mol. The molecule has 3 heterocycles. The van der Waals surface area contributed by atoms with E-state index in [1.54, 1.807) is 18.3 Å². The molecule has 0 radical (unpaired) electrons. The van der Waals surface area contributed by atoms with Gasteiger partial charge in [0.25, 0.3) is 0 Å². The van der Waals surface area contributed by atoms with E-state index in [1.807, 2.05) is 23.7 Å². The largest absolute Gasteiger partial charge is 0.345 e. The minimum Gasteiger partial charge on any atom is -0.345 e. The second kappa shape index (κ2) is 7.88. The number of pyridine rings is 1. The lowest BCUT2D eigenvalue weighted by atomic mass is 10.1. The zero-order chi connectivity index (χ0) is 21.4. The van der Waals surface area contributed by atoms with E-state index >= 15 is 0 Å². The third-order valence-corrected chi connectivity index (χ3v) is 7.23. The Morgan fingerprint density at radius 3 is 2.94 bits per heavy atom. The second-order valence-corrected chi connectivity index (χ2v) is 9.98. The van der Waals surface area contributed by atoms with Gasteiger partial charge in [0.2, 0.25) is 15.9 Å². The molecule has 3 N–H and O–H groups in total. The first kappa shape index (κ1) is 19.9. The molecule has 1 aliphatic rings. The van der Waals surface area contributed by atoms with Crippen molar-refractivity contribution in [2.45, 2.75) is 30.2 Å². The number of sulfonamides is 1. The zero-order valence-electron chi connectivity index (χ0n) is 16.3. The van der Waals surface area contributed by atoms with Gasteiger partial charge in [0.15, 0.2) is 5.13 Å². The SMILES string of the molecule is O=C(Cc1cccc(S(=O)(=O)NC2CC2)c1)Nc1nc(-c2c[nH]c3ncccc23)cs1. The van der Waals surface area contributed by atoms with Gasteiger partial charge < -0.3 is 10.3 Å². The number of fused-ring (bicyclic) bond motifs is 1. The molecule has 0 saturated heterocycles. The minimum atomic E-state index is -3.55. The topological polar surface area (TPSA) is 117 Å². The van der Waals surface area contributed by atoms with E-state index in [4.69, 9.17) is 0 Å². The van der Waals surface area contributed by atoms with Crippen molar-refractivity contribution in [1.29, 1.82) is 0 Å². The van der Waals surface area contributed by atoms with Crippen molar-refractivity contribution in [2.24, 2.45) is 0 Å². The molecule has 10 heteroatoms. The number of aromatic nitrogens is 3. The number of carbonyl (C=O) groups excluding carboxylic acids is 1. The van der Waals surface area contributed by atoms with E-state index in [0.29, 0.717) is 10.7 Å². The van der Waals surface area contributed by atoms with Gasteiger partial charge in [-0.1, -0.05) is 12.1 Å². The van der Waals surface area contributed by atoms with Crippen LogP contribution in [0.25, 0.3) is 22.3 Å². The number of amides is 1. The molecule has 0 spiro atoms. The lowest BCUT2D eigenvalue weighted by Crippen LogP contribution is -2.25. The lowest BCUT2D eigenvalue weighted by molar-refractivity contribution is -0.115. The smallest absolute Gasteiger partial charge is 0.240 e. The zero-order valence-corrected chi connectivity index (χ0v) is 18.0. The summed E-state index contributed by atoms with van der Waals surface area (Å²) in [7, 11) is -3.55. The molecule has 158 valence electrons. The first-order valence-corrected chi connectivity index (χ1v) is 12.1. The quantitative estimate of drug-likeness (QED) is 0.397. The minimum absolute atomic E-state index is 0.0315. The molecule has 1 aromatic carbocycles. The van der Waals surface area contributed by atoms with Crippen molar-refractivity contribution in [2.75, 3.05) is 5.32 Å². The van der Waals surface area contributed by atoms with E-state index < -0.39 is 10.0 Å². The number of hydrogen-bond donors (Lipinski definition) is 3. The van der Waals surface area contributed by atoms with Crippen LogP contribution in [0.1, 0.15) is 18.4 Å². The van der Waals surface area contributed by atoms with Crippen molar-refractivity contribution in [3.63, 3.8) is 0 Å². The fourth-order valence-electron chi connectivity index (χ4n) is 3.28. The maximum absolute atomic E-state index is 12.5. The molecule has 0 aliphatic heterocycles. The number of nitrogens with zero attached hydrogens (tertiary/aromatic N) is 2. The number of aromatic amines is 1. The second-order valence-electron chi connectivity index (χ2n) is 7.41. The van der Waals surface area contributed by atoms with Crippen LogP contribution in [0.15, 0.2) is 59.1 Å². The van der Waals surface area contributed by atoms with Crippen molar-refractivity contribution >= 4 is 43.4 Å². The summed E-state index contributed by atoms with van der Waals surface area (Å²) in [6, 6.07) is 10.3. The summed E-state index contributed by atoms with van der Waals surface area (Å²) >= 11 is 1.33. The highest BCUT2D eigenvalue weighted by Crippen LogP contribution is 2.30. The molecule has 4 aromatic rings. The van der Waals surface area contributed by atoms with Gasteiger partial charge in [-0.25, -0.2) is 23.1 Å². The average Bonchev–Trinajstić information content (AvgIpc) is 3.26. The summed E-state index contributed by atoms with van der Waals surface area (Å²) in [5, 5.41) is 6.12. The highest BCUT2D eigenvalue weighted by atomic mass is 32.2. The van der Waals surface area contributed by atoms with Crippen LogP contribution < -0.4 is 10.0 Å². The van der Waals surface area contributed by atoms with Crippen molar-refractivity contribution in [3.05, 3.63) is 59.7 Å². The fraction of sp³-hybridized carbons (Fsp3) is 0.190. The Hall–Kier alpha value is -3.08. The number of anilines is 1. The van der Waals surface area contributed by atoms with Gasteiger partial charge in [-0.15, -0.1) is 11.3 Å². The number of thiazole rings is 1. The molecule has 1 saturated carbocycles. The Morgan fingerprint density at radius 2 is 2.10 bits per heavy atom. The first-order chi connectivity index (χ1) is 15.0. The van der Waals surface area contributed by atoms with E-state index in [1.165, 1.54) is 23.5 Å². The van der Waals surface area contributed by atoms with Crippen LogP contribution in [0, 0.1) is 0 Å². The van der Waals surface area contributed by atoms with E-state index in [0.717, 1.165) is 35.1 Å². The predicted molar refractivity (Wildman–Crippen MR) is 119 cm³/mol. The summed E-state index contributed by atoms with van der Waals surface area (Å²) in [4.78, 5) is 24.6. The summed E-state index contributed by atoms with van der Waals surface area (Å²) < 4.78 is 27.4. The molecule has 1 amide bonds. The molecular weight excluding hydrogens is 434 g/mol. The number of carbonyl (C=O) groups is 1. The third-order valence-electron chi connectivity index (χ3n) is 4.95. The van der Waals surface area contributed by atoms with Crippen LogP contribution in [-0.2, 0) is 21.2 Å². The maximum atomic E-state index is 12.5. The van der Waals surface area contributed by atoms with E-state index in [-0.39, 0.29) is 23.3 Å². The van der Waals surface area contributed by atoms with Crippen molar-refractivity contribution in [1.82, 2.24) is 19.7 Å². The van der Waals surface area contributed by atoms with Gasteiger partial charge >= 0.3 is 0 Å². The standard InChI is InChI=1S/C21H19N5O3S2/c27-19(10-13-3-1-4-15(9-13)31(28,29)26-14-6-7-14)25-21-24-18(12-30-21)17-11-23-20-16(17)5-2-8-22-20/h1-5,8-9,11-12,14,26H,6-7,10H2,(H,22,23)(H,24,25,27). The van der Waals surface area contributed by atoms with Crippen LogP contribution >= 0.6 is 11.3 Å². The van der Waals surface area contributed by atoms with Gasteiger partial charge in [0, 0.05) is 34.8 Å². The van der Waals surface area contributed by atoms with E-state index in [2.05, 4.69) is 25.0 Å². The normalized spacial score (nSPS) is 14.1. The van der Waals surface area contributed by atoms with E-state index in [9.17, 15) is 13.2 Å². The Bertz CT molecular complexity index is 1370. The number of nitrogens with one attached hydrogen (secondary N) is 3. The van der Waals surface area contributed by atoms with Crippen molar-refractivity contribution < 1.29 is 13.2 Å². The molecule has 0 bridgehead atoms. The maximum Gasteiger partial charge on any atom is 0.240 e. The number of rotatable bonds is 7. The molecule has 5 rings (SSSR count). The van der Waals surface area contributed by atoms with Gasteiger partial charge in [0.1, 0.15) is 5.65 Å². The molecule has 8 nitrogen and oxygen atoms in total. The van der Waals surface area contributed by atoms with Gasteiger partial charge in [-0.05, 0) is 42.7 Å². The number of hydrogen-bond acceptors (Lipinski definition) is 6. The molecule has 0 unspecified atom stereocenters. The van der Waals surface area contributed by atoms with Crippen molar-refractivity contribution in [3.8, 4) is 11.3 Å². The van der Waals surface area contributed by atoms with Crippen LogP contribution in [0.4, 0.5) is 5.13 Å². The lowest BCUT2D eigenvalue weighted by Gasteiger charge is -2.07. The van der Waals surface area contributed by atoms with Crippen LogP contribution in [-0.4, -0.2) is 35.3 Å². The molecule has 1 fully saturated rings. The Labute approximate surface area is 182 Å². The Morgan fingerprint density at radius 1 is 1.23 bits per heavy atom. The fourth-order valence-corrected chi connectivity index (χ4v) is 5.38. The molecule has 0 atom stereocenters. The van der Waals surface area contributed by atoms with Gasteiger partial charge in [-0.2, -0.15) is 0 Å². The third kappa shape index (κ3) is 4.36. The highest BCUT2D eigenvalue weighted by molar-refractivity contribution is 7.89. The van der Waals surface area contributed by atoms with Gasteiger partial charge in [-0.3, -0.25) is 4.79 Å². The van der Waals surface area contributed by atoms with Gasteiger partial charge in [0.05, 0.1) is 17.0 Å². The number of benzene rings is 1. The summed E-state index contributed by atoms with van der Waals surface area (Å²) in [6.45, 7) is 0. The summed E-state index contributed by atoms with van der Waals surface area (Å²) in [6.07, 6.45) is 5.36. The molecular formula is C21H19N5O3S2. The highest BCUT2D eigenvalue weighted by Gasteiger charge is 2.28. The predicted octanol–water partition coefficient (Wildman–Crippen LogP) is 3.31. The average molecular weight is 454 g/mol.